The summed E-state index contributed by atoms with van der Waals surface area (Å²) in [4.78, 5) is 2.35. The number of aromatic nitrogens is 2. The van der Waals surface area contributed by atoms with Gasteiger partial charge in [0.25, 0.3) is 6.71 Å². The van der Waals surface area contributed by atoms with Gasteiger partial charge in [-0.3, -0.25) is 0 Å². The van der Waals surface area contributed by atoms with Crippen LogP contribution in [0.15, 0.2) is 205 Å². The van der Waals surface area contributed by atoms with Crippen LogP contribution in [0.3, 0.4) is 0 Å². The van der Waals surface area contributed by atoms with Crippen molar-refractivity contribution >= 4 is 117 Å². The smallest absolute Gasteiger partial charge is 0.261 e. The first-order chi connectivity index (χ1) is 35.0. The molecule has 0 N–H and O–H groups in total. The monoisotopic (exact) mass is 925 g/mol. The van der Waals surface area contributed by atoms with E-state index in [4.69, 9.17) is 20.8 Å². The van der Waals surface area contributed by atoms with E-state index in [-0.39, 0.29) is 6.71 Å². The average molecular weight is 926 g/mol. The Morgan fingerprint density at radius 1 is 0.465 bits per heavy atom. The van der Waals surface area contributed by atoms with Crippen LogP contribution in [0, 0.1) is 22.7 Å². The summed E-state index contributed by atoms with van der Waals surface area (Å²) in [5, 5.41) is 26.6. The summed E-state index contributed by atoms with van der Waals surface area (Å²) in [7, 11) is 0. The van der Waals surface area contributed by atoms with Gasteiger partial charge in [-0.05, 0) is 107 Å². The van der Waals surface area contributed by atoms with Crippen molar-refractivity contribution in [2.24, 2.45) is 0 Å². The standard InChI is InChI=1S/C62H33BClN5O2/c64-39-30-54-60-58(31-39)70-57-32-40(67-49-19-9-5-15-42(49)45-28-36(34-65)22-26-51(45)67)24-25-47(57)63(60)61-55(69(54)48-18-8-4-14-41(48)38-12-2-1-3-13-38)33-53(59-44-17-7-11-21-56(44)71-62(59)61)68-50-20-10-6-16-43(50)46-29-37(35-66)23-27-52(46)68/h1-33H. The largest absolute Gasteiger partial charge is 0.458 e. The minimum atomic E-state index is -0.352. The van der Waals surface area contributed by atoms with E-state index in [0.29, 0.717) is 27.6 Å². The Balaban J connectivity index is 1.07. The van der Waals surface area contributed by atoms with Gasteiger partial charge in [-0.25, -0.2) is 0 Å². The second-order valence-electron chi connectivity index (χ2n) is 18.3. The Kier molecular flexibility index (Phi) is 8.22. The summed E-state index contributed by atoms with van der Waals surface area (Å²) in [6.45, 7) is -0.352. The van der Waals surface area contributed by atoms with E-state index in [1.54, 1.807) is 0 Å². The van der Waals surface area contributed by atoms with Crippen LogP contribution in [0.5, 0.6) is 11.5 Å². The van der Waals surface area contributed by atoms with Crippen LogP contribution in [-0.2, 0) is 0 Å². The molecule has 0 radical (unpaired) electrons. The van der Waals surface area contributed by atoms with E-state index in [9.17, 15) is 10.5 Å². The Morgan fingerprint density at radius 3 is 1.83 bits per heavy atom. The fraction of sp³-hybridized carbons (Fsp3) is 0. The van der Waals surface area contributed by atoms with Crippen molar-refractivity contribution in [2.75, 3.05) is 4.90 Å². The van der Waals surface area contributed by atoms with Gasteiger partial charge < -0.3 is 23.2 Å². The molecule has 328 valence electrons. The number of nitriles is 2. The van der Waals surface area contributed by atoms with Crippen LogP contribution in [0.2, 0.25) is 5.02 Å². The highest BCUT2D eigenvalue weighted by atomic mass is 35.5. The van der Waals surface area contributed by atoms with Crippen LogP contribution >= 0.6 is 11.6 Å². The second-order valence-corrected chi connectivity index (χ2v) is 18.8. The molecule has 0 unspecified atom stereocenters. The number of ether oxygens (including phenoxy) is 1. The lowest BCUT2D eigenvalue weighted by Gasteiger charge is -2.41. The van der Waals surface area contributed by atoms with E-state index < -0.39 is 0 Å². The molecular formula is C62H33BClN5O2. The average Bonchev–Trinajstić information content (AvgIpc) is 4.08. The van der Waals surface area contributed by atoms with Gasteiger partial charge in [0.15, 0.2) is 0 Å². The predicted molar refractivity (Wildman–Crippen MR) is 288 cm³/mol. The van der Waals surface area contributed by atoms with Crippen LogP contribution < -0.4 is 26.0 Å². The number of halogens is 1. The SMILES string of the molecule is N#Cc1ccc2c(c1)c1ccccc1n2-c1ccc2c(c1)Oc1cc(Cl)cc3c1B2c1c(cc(-n2c4ccccc4c4cc(C#N)ccc42)c2c1oc1ccccc12)N3c1ccccc1-c1ccccc1. The van der Waals surface area contributed by atoms with Crippen LogP contribution in [0.25, 0.3) is 88.1 Å². The summed E-state index contributed by atoms with van der Waals surface area (Å²) >= 11 is 7.30. The molecule has 2 aliphatic heterocycles. The number of hydrogen-bond donors (Lipinski definition) is 0. The maximum atomic E-state index is 10.1. The number of benzene rings is 10. The van der Waals surface area contributed by atoms with E-state index >= 15 is 0 Å². The molecule has 0 atom stereocenters. The van der Waals surface area contributed by atoms with E-state index in [2.05, 4.69) is 166 Å². The lowest BCUT2D eigenvalue weighted by molar-refractivity contribution is 0.487. The molecule has 0 spiro atoms. The van der Waals surface area contributed by atoms with Crippen LogP contribution in [0.4, 0.5) is 17.1 Å². The highest BCUT2D eigenvalue weighted by Crippen LogP contribution is 2.49. The Labute approximate surface area is 411 Å². The van der Waals surface area contributed by atoms with E-state index in [0.717, 1.165) is 122 Å². The highest BCUT2D eigenvalue weighted by molar-refractivity contribution is 7.00. The van der Waals surface area contributed by atoms with Crippen molar-refractivity contribution in [1.29, 1.82) is 10.5 Å². The first-order valence-electron chi connectivity index (χ1n) is 23.5. The summed E-state index contributed by atoms with van der Waals surface area (Å²) < 4.78 is 19.1. The number of anilines is 3. The molecule has 2 aliphatic rings. The zero-order chi connectivity index (χ0) is 47.1. The molecule has 9 heteroatoms. The molecule has 0 bridgehead atoms. The molecule has 7 nitrogen and oxygen atoms in total. The molecule has 0 saturated heterocycles. The van der Waals surface area contributed by atoms with E-state index in [1.165, 1.54) is 0 Å². The number of fused-ring (bicyclic) bond motifs is 14. The van der Waals surface area contributed by atoms with Crippen LogP contribution in [0.1, 0.15) is 11.1 Å². The van der Waals surface area contributed by atoms with Crippen molar-refractivity contribution in [2.45, 2.75) is 0 Å². The number of hydrogen-bond acceptors (Lipinski definition) is 5. The maximum absolute atomic E-state index is 10.1. The fourth-order valence-electron chi connectivity index (χ4n) is 11.8. The molecule has 3 aromatic heterocycles. The molecule has 0 fully saturated rings. The third-order valence-electron chi connectivity index (χ3n) is 14.7. The van der Waals surface area contributed by atoms with Gasteiger partial charge in [0.05, 0.1) is 62.1 Å². The minimum absolute atomic E-state index is 0.352. The first kappa shape index (κ1) is 39.5. The molecule has 71 heavy (non-hydrogen) atoms. The van der Waals surface area contributed by atoms with Crippen molar-refractivity contribution in [3.8, 4) is 46.1 Å². The lowest BCUT2D eigenvalue weighted by Crippen LogP contribution is -2.59. The highest BCUT2D eigenvalue weighted by Gasteiger charge is 2.45. The van der Waals surface area contributed by atoms with Gasteiger partial charge in [0.1, 0.15) is 22.7 Å². The molecule has 5 heterocycles. The van der Waals surface area contributed by atoms with Gasteiger partial charge in [0, 0.05) is 60.6 Å². The molecule has 15 rings (SSSR count). The second kappa shape index (κ2) is 14.8. The fourth-order valence-corrected chi connectivity index (χ4v) is 12.0. The van der Waals surface area contributed by atoms with Crippen molar-refractivity contribution in [3.63, 3.8) is 0 Å². The first-order valence-corrected chi connectivity index (χ1v) is 23.9. The molecule has 13 aromatic rings. The summed E-state index contributed by atoms with van der Waals surface area (Å²) in [5.41, 5.74) is 16.6. The van der Waals surface area contributed by atoms with Crippen LogP contribution in [-0.4, -0.2) is 15.8 Å². The van der Waals surface area contributed by atoms with E-state index in [1.807, 2.05) is 60.7 Å². The number of para-hydroxylation sites is 4. The van der Waals surface area contributed by atoms with Crippen molar-refractivity contribution in [3.05, 3.63) is 216 Å². The molecule has 10 aromatic carbocycles. The summed E-state index contributed by atoms with van der Waals surface area (Å²) in [6.07, 6.45) is 0. The van der Waals surface area contributed by atoms with Gasteiger partial charge in [0.2, 0.25) is 0 Å². The quantitative estimate of drug-likeness (QED) is 0.164. The Hall–Kier alpha value is -9.47. The van der Waals surface area contributed by atoms with Crippen molar-refractivity contribution in [1.82, 2.24) is 9.13 Å². The number of furan rings is 1. The number of rotatable bonds is 4. The molecule has 0 aliphatic carbocycles. The van der Waals surface area contributed by atoms with Gasteiger partial charge in [-0.2, -0.15) is 10.5 Å². The van der Waals surface area contributed by atoms with Gasteiger partial charge >= 0.3 is 0 Å². The number of nitrogens with zero attached hydrogens (tertiary/aromatic N) is 5. The third-order valence-corrected chi connectivity index (χ3v) is 14.9. The normalized spacial score (nSPS) is 12.6. The molecule has 0 saturated carbocycles. The maximum Gasteiger partial charge on any atom is 0.261 e. The third kappa shape index (κ3) is 5.54. The zero-order valence-electron chi connectivity index (χ0n) is 37.6. The Bertz CT molecular complexity index is 4570. The zero-order valence-corrected chi connectivity index (χ0v) is 38.3. The summed E-state index contributed by atoms with van der Waals surface area (Å²) in [5.74, 6) is 1.38. The van der Waals surface area contributed by atoms with Gasteiger partial charge in [-0.15, -0.1) is 0 Å². The van der Waals surface area contributed by atoms with Crippen molar-refractivity contribution < 1.29 is 9.15 Å². The van der Waals surface area contributed by atoms with Gasteiger partial charge in [-0.1, -0.05) is 121 Å². The predicted octanol–water partition coefficient (Wildman–Crippen LogP) is 14.2. The molecule has 0 amide bonds. The minimum Gasteiger partial charge on any atom is -0.458 e. The summed E-state index contributed by atoms with van der Waals surface area (Å²) in [6, 6.07) is 73.5. The Morgan fingerprint density at radius 2 is 1.08 bits per heavy atom. The topological polar surface area (TPSA) is 83.0 Å². The molecular weight excluding hydrogens is 893 g/mol. The lowest BCUT2D eigenvalue weighted by atomic mass is 9.34.